The number of carbonyl (C=O) groups excluding carboxylic acids is 1. The second-order valence-electron chi connectivity index (χ2n) is 4.59. The largest absolute Gasteiger partial charge is 0.462 e. The summed E-state index contributed by atoms with van der Waals surface area (Å²) in [6.45, 7) is 5.92. The van der Waals surface area contributed by atoms with E-state index in [1.807, 2.05) is 32.0 Å². The lowest BCUT2D eigenvalue weighted by Gasteiger charge is -2.06. The maximum Gasteiger partial charge on any atom is 0.349 e. The van der Waals surface area contributed by atoms with Gasteiger partial charge in [0.25, 0.3) is 0 Å². The molecule has 1 aromatic heterocycles. The van der Waals surface area contributed by atoms with Gasteiger partial charge in [-0.3, -0.25) is 0 Å². The third kappa shape index (κ3) is 3.23. The van der Waals surface area contributed by atoms with Crippen LogP contribution in [0.15, 0.2) is 30.5 Å². The zero-order chi connectivity index (χ0) is 16.1. The van der Waals surface area contributed by atoms with Gasteiger partial charge in [0.1, 0.15) is 9.88 Å². The molecule has 22 heavy (non-hydrogen) atoms. The molecule has 0 aliphatic carbocycles. The molecule has 0 amide bonds. The first-order valence-electron chi connectivity index (χ1n) is 6.91. The molecular formula is C17H16N2O2S. The van der Waals surface area contributed by atoms with Gasteiger partial charge in [-0.2, -0.15) is 5.26 Å². The van der Waals surface area contributed by atoms with E-state index in [1.54, 1.807) is 13.0 Å². The number of allylic oxidation sites excluding steroid dienone is 2. The van der Waals surface area contributed by atoms with Crippen LogP contribution in [0.2, 0.25) is 0 Å². The molecule has 0 saturated heterocycles. The van der Waals surface area contributed by atoms with Gasteiger partial charge >= 0.3 is 5.97 Å². The van der Waals surface area contributed by atoms with Crippen molar-refractivity contribution in [2.75, 3.05) is 6.61 Å². The molecule has 0 radical (unpaired) electrons. The molecule has 112 valence electrons. The van der Waals surface area contributed by atoms with E-state index in [2.05, 4.69) is 11.1 Å². The average Bonchev–Trinajstić information content (AvgIpc) is 3.00. The molecule has 4 nitrogen and oxygen atoms in total. The Morgan fingerprint density at radius 3 is 2.91 bits per heavy atom. The van der Waals surface area contributed by atoms with Gasteiger partial charge in [-0.05, 0) is 38.0 Å². The summed E-state index contributed by atoms with van der Waals surface area (Å²) in [7, 11) is 0. The molecule has 2 aromatic rings. The van der Waals surface area contributed by atoms with E-state index in [9.17, 15) is 10.1 Å². The first kappa shape index (κ1) is 15.9. The van der Waals surface area contributed by atoms with Crippen molar-refractivity contribution in [1.82, 2.24) is 4.98 Å². The summed E-state index contributed by atoms with van der Waals surface area (Å²) in [5, 5.41) is 9.94. The average molecular weight is 312 g/mol. The maximum atomic E-state index is 11.7. The molecule has 0 unspecified atom stereocenters. The summed E-state index contributed by atoms with van der Waals surface area (Å²) in [4.78, 5) is 16.5. The van der Waals surface area contributed by atoms with Crippen LogP contribution in [0.3, 0.4) is 0 Å². The van der Waals surface area contributed by atoms with Gasteiger partial charge < -0.3 is 4.74 Å². The fraction of sp³-hybridized carbons (Fsp3) is 0.235. The summed E-state index contributed by atoms with van der Waals surface area (Å²) in [5.74, 6) is -0.357. The molecule has 0 atom stereocenters. The lowest BCUT2D eigenvalue weighted by Crippen LogP contribution is -2.01. The van der Waals surface area contributed by atoms with E-state index in [-0.39, 0.29) is 5.97 Å². The summed E-state index contributed by atoms with van der Waals surface area (Å²) < 4.78 is 4.97. The highest BCUT2D eigenvalue weighted by Gasteiger charge is 2.14. The van der Waals surface area contributed by atoms with Crippen LogP contribution in [0.25, 0.3) is 16.1 Å². The number of aryl methyl sites for hydroxylation is 1. The van der Waals surface area contributed by atoms with Gasteiger partial charge in [-0.1, -0.05) is 18.2 Å². The number of nitriles is 1. The van der Waals surface area contributed by atoms with E-state index in [0.29, 0.717) is 17.1 Å². The number of hydrogen-bond donors (Lipinski definition) is 0. The third-order valence-corrected chi connectivity index (χ3v) is 4.19. The van der Waals surface area contributed by atoms with E-state index in [0.717, 1.165) is 21.7 Å². The Hall–Kier alpha value is -2.45. The van der Waals surface area contributed by atoms with Crippen LogP contribution in [0.4, 0.5) is 0 Å². The number of benzene rings is 1. The van der Waals surface area contributed by atoms with Gasteiger partial charge in [-0.25, -0.2) is 9.78 Å². The zero-order valence-electron chi connectivity index (χ0n) is 12.7. The van der Waals surface area contributed by atoms with Gasteiger partial charge in [0, 0.05) is 5.56 Å². The Bertz CT molecular complexity index is 769. The van der Waals surface area contributed by atoms with Crippen LogP contribution >= 0.6 is 11.3 Å². The fourth-order valence-corrected chi connectivity index (χ4v) is 2.84. The first-order chi connectivity index (χ1) is 10.6. The van der Waals surface area contributed by atoms with Crippen molar-refractivity contribution in [2.24, 2.45) is 0 Å². The molecular weight excluding hydrogens is 296 g/mol. The molecule has 0 spiro atoms. The number of ether oxygens (including phenoxy) is 1. The normalized spacial score (nSPS) is 11.1. The quantitative estimate of drug-likeness (QED) is 0.626. The van der Waals surface area contributed by atoms with Gasteiger partial charge in [0.2, 0.25) is 0 Å². The molecule has 0 bridgehead atoms. The molecule has 0 aliphatic rings. The smallest absolute Gasteiger partial charge is 0.349 e. The van der Waals surface area contributed by atoms with Crippen molar-refractivity contribution in [1.29, 1.82) is 5.26 Å². The molecule has 1 heterocycles. The van der Waals surface area contributed by atoms with Crippen molar-refractivity contribution < 1.29 is 9.53 Å². The summed E-state index contributed by atoms with van der Waals surface area (Å²) in [5.41, 5.74) is 3.42. The number of aromatic nitrogens is 1. The number of thiazole rings is 1. The van der Waals surface area contributed by atoms with Crippen molar-refractivity contribution in [3.05, 3.63) is 46.5 Å². The minimum absolute atomic E-state index is 0.341. The Kier molecular flexibility index (Phi) is 5.08. The second-order valence-corrected chi connectivity index (χ2v) is 5.62. The van der Waals surface area contributed by atoms with Crippen LogP contribution in [0.1, 0.15) is 34.6 Å². The monoisotopic (exact) mass is 312 g/mol. The van der Waals surface area contributed by atoms with Crippen molar-refractivity contribution in [2.45, 2.75) is 20.8 Å². The zero-order valence-corrected chi connectivity index (χ0v) is 13.5. The molecule has 0 fully saturated rings. The molecule has 0 saturated carbocycles. The second kappa shape index (κ2) is 7.01. The molecule has 0 aliphatic heterocycles. The molecule has 1 aromatic carbocycles. The Labute approximate surface area is 133 Å². The SMILES string of the molecule is C/C=C(/C#N)c1cc(-c2ncc(C(=O)OCC)s2)ccc1C. The Morgan fingerprint density at radius 2 is 2.27 bits per heavy atom. The van der Waals surface area contributed by atoms with Crippen LogP contribution in [0.5, 0.6) is 0 Å². The standard InChI is InChI=1S/C17H16N2O2S/c1-4-12(9-18)14-8-13(7-6-11(14)3)16-19-10-15(22-16)17(20)21-5-2/h4,6-8,10H,5H2,1-3H3/b12-4-. The molecule has 0 N–H and O–H groups in total. The van der Waals surface area contributed by atoms with Crippen molar-refractivity contribution in [3.8, 4) is 16.6 Å². The lowest BCUT2D eigenvalue weighted by molar-refractivity contribution is 0.0532. The first-order valence-corrected chi connectivity index (χ1v) is 7.73. The third-order valence-electron chi connectivity index (χ3n) is 3.17. The summed E-state index contributed by atoms with van der Waals surface area (Å²) >= 11 is 1.29. The van der Waals surface area contributed by atoms with E-state index >= 15 is 0 Å². The minimum Gasteiger partial charge on any atom is -0.462 e. The highest BCUT2D eigenvalue weighted by molar-refractivity contribution is 7.16. The maximum absolute atomic E-state index is 11.7. The highest BCUT2D eigenvalue weighted by atomic mass is 32.1. The molecule has 5 heteroatoms. The number of esters is 1. The van der Waals surface area contributed by atoms with Crippen LogP contribution < -0.4 is 0 Å². The van der Waals surface area contributed by atoms with E-state index in [4.69, 9.17) is 4.74 Å². The minimum atomic E-state index is -0.357. The number of rotatable bonds is 4. The van der Waals surface area contributed by atoms with Crippen LogP contribution in [-0.4, -0.2) is 17.6 Å². The predicted octanol–water partition coefficient (Wildman–Crippen LogP) is 4.22. The van der Waals surface area contributed by atoms with Crippen molar-refractivity contribution >= 4 is 22.9 Å². The fourth-order valence-electron chi connectivity index (χ4n) is 2.03. The Balaban J connectivity index is 2.40. The summed E-state index contributed by atoms with van der Waals surface area (Å²) in [6.07, 6.45) is 3.32. The highest BCUT2D eigenvalue weighted by Crippen LogP contribution is 2.29. The van der Waals surface area contributed by atoms with Crippen molar-refractivity contribution in [3.63, 3.8) is 0 Å². The van der Waals surface area contributed by atoms with E-state index < -0.39 is 0 Å². The Morgan fingerprint density at radius 1 is 1.50 bits per heavy atom. The van der Waals surface area contributed by atoms with Gasteiger partial charge in [0.15, 0.2) is 0 Å². The lowest BCUT2D eigenvalue weighted by atomic mass is 9.99. The number of nitrogens with zero attached hydrogens (tertiary/aromatic N) is 2. The van der Waals surface area contributed by atoms with Crippen LogP contribution in [0, 0.1) is 18.3 Å². The number of hydrogen-bond acceptors (Lipinski definition) is 5. The molecule has 2 rings (SSSR count). The number of carbonyl (C=O) groups is 1. The topological polar surface area (TPSA) is 63.0 Å². The van der Waals surface area contributed by atoms with Gasteiger partial charge in [-0.15, -0.1) is 11.3 Å². The van der Waals surface area contributed by atoms with Crippen LogP contribution in [-0.2, 0) is 4.74 Å². The van der Waals surface area contributed by atoms with Gasteiger partial charge in [0.05, 0.1) is 24.4 Å². The predicted molar refractivity (Wildman–Crippen MR) is 87.5 cm³/mol. The van der Waals surface area contributed by atoms with E-state index in [1.165, 1.54) is 17.5 Å². The summed E-state index contributed by atoms with van der Waals surface area (Å²) in [6, 6.07) is 8.03.